The zero-order chi connectivity index (χ0) is 34.8. The Morgan fingerprint density at radius 3 is 1.82 bits per heavy atom. The molecule has 0 heterocycles. The molecule has 5 atom stereocenters. The number of hydrogen-bond acceptors (Lipinski definition) is 5. The van der Waals surface area contributed by atoms with Crippen LogP contribution in [0, 0.1) is 17.2 Å². The zero-order valence-electron chi connectivity index (χ0n) is 26.9. The second-order valence-corrected chi connectivity index (χ2v) is 12.3. The maximum atomic E-state index is 15.0. The van der Waals surface area contributed by atoms with Gasteiger partial charge in [0.25, 0.3) is 0 Å². The van der Waals surface area contributed by atoms with Gasteiger partial charge in [0.1, 0.15) is 17.1 Å². The molecule has 1 N–H and O–H groups in total. The van der Waals surface area contributed by atoms with E-state index in [4.69, 9.17) is 9.47 Å². The summed E-state index contributed by atoms with van der Waals surface area (Å²) in [4.78, 5) is 15.0. The van der Waals surface area contributed by atoms with E-state index in [0.717, 1.165) is 12.1 Å². The van der Waals surface area contributed by atoms with Crippen LogP contribution in [0.2, 0.25) is 0 Å². The smallest absolute Gasteiger partial charge is 0.416 e. The molecule has 5 unspecified atom stereocenters. The molecule has 6 rings (SSSR count). The molecule has 0 aromatic heterocycles. The van der Waals surface area contributed by atoms with E-state index in [1.807, 2.05) is 0 Å². The molecular formula is C41H34F3NO4. The Hall–Kier alpha value is -5.39. The maximum absolute atomic E-state index is 15.0. The first kappa shape index (κ1) is 33.5. The number of methoxy groups -OCH3 is 2. The molecule has 5 aromatic carbocycles. The van der Waals surface area contributed by atoms with Crippen LogP contribution in [0.3, 0.4) is 0 Å². The summed E-state index contributed by atoms with van der Waals surface area (Å²) in [5.74, 6) is -2.74. The Bertz CT molecular complexity index is 1960. The lowest BCUT2D eigenvalue weighted by Crippen LogP contribution is -2.58. The largest absolute Gasteiger partial charge is 0.497 e. The Morgan fingerprint density at radius 2 is 1.29 bits per heavy atom. The lowest BCUT2D eigenvalue weighted by molar-refractivity contribution is -0.137. The van der Waals surface area contributed by atoms with Crippen LogP contribution < -0.4 is 9.47 Å². The summed E-state index contributed by atoms with van der Waals surface area (Å²) in [5, 5.41) is 24.8. The van der Waals surface area contributed by atoms with Gasteiger partial charge in [-0.15, -0.1) is 0 Å². The summed E-state index contributed by atoms with van der Waals surface area (Å²) in [6.07, 6.45) is -4.85. The fraction of sp³-hybridized carbons (Fsp3) is 0.220. The normalized spacial score (nSPS) is 23.7. The van der Waals surface area contributed by atoms with Crippen LogP contribution in [0.4, 0.5) is 13.2 Å². The number of nitrogens with zero attached hydrogens (tertiary/aromatic N) is 1. The van der Waals surface area contributed by atoms with Crippen LogP contribution in [-0.2, 0) is 17.2 Å². The van der Waals surface area contributed by atoms with Crippen molar-refractivity contribution in [3.63, 3.8) is 0 Å². The van der Waals surface area contributed by atoms with Crippen molar-refractivity contribution in [3.05, 3.63) is 167 Å². The number of carbonyl (C=O) groups is 1. The monoisotopic (exact) mass is 661 g/mol. The molecule has 5 nitrogen and oxygen atoms in total. The highest BCUT2D eigenvalue weighted by atomic mass is 19.4. The van der Waals surface area contributed by atoms with Crippen molar-refractivity contribution < 1.29 is 32.5 Å². The average molecular weight is 662 g/mol. The molecule has 5 aromatic rings. The van der Waals surface area contributed by atoms with E-state index in [2.05, 4.69) is 6.07 Å². The Kier molecular flexibility index (Phi) is 9.06. The minimum Gasteiger partial charge on any atom is -0.497 e. The number of Topliss-reactive ketones (excluding diaryl/α,β-unsaturated/α-hetero) is 1. The number of rotatable bonds is 8. The van der Waals surface area contributed by atoms with Crippen molar-refractivity contribution in [3.8, 4) is 17.6 Å². The van der Waals surface area contributed by atoms with E-state index in [-0.39, 0.29) is 12.0 Å². The fourth-order valence-corrected chi connectivity index (χ4v) is 7.56. The van der Waals surface area contributed by atoms with E-state index in [1.54, 1.807) is 109 Å². The number of aliphatic hydroxyl groups is 1. The molecule has 0 radical (unpaired) electrons. The van der Waals surface area contributed by atoms with Gasteiger partial charge < -0.3 is 14.6 Å². The van der Waals surface area contributed by atoms with Crippen LogP contribution in [0.25, 0.3) is 0 Å². The van der Waals surface area contributed by atoms with Crippen LogP contribution in [0.15, 0.2) is 133 Å². The molecule has 1 aliphatic carbocycles. The number of benzene rings is 5. The number of alkyl halides is 3. The van der Waals surface area contributed by atoms with Gasteiger partial charge in [-0.05, 0) is 59.0 Å². The SMILES string of the molecule is COc1ccc(C2CC(O)(c3ccccc3)C(C(=O)c3ccccc3)C(c3ccc(OC)cc3)C2(C#N)c2cccc(C(F)(F)F)c2)cc1. The molecule has 0 bridgehead atoms. The molecule has 1 saturated carbocycles. The lowest BCUT2D eigenvalue weighted by atomic mass is 9.46. The topological polar surface area (TPSA) is 79.6 Å². The third-order valence-corrected chi connectivity index (χ3v) is 9.86. The zero-order valence-corrected chi connectivity index (χ0v) is 26.9. The average Bonchev–Trinajstić information content (AvgIpc) is 3.14. The molecule has 8 heteroatoms. The number of ether oxygens (including phenoxy) is 2. The molecule has 248 valence electrons. The van der Waals surface area contributed by atoms with Gasteiger partial charge in [0, 0.05) is 17.4 Å². The number of carbonyl (C=O) groups excluding carboxylic acids is 1. The van der Waals surface area contributed by atoms with E-state index in [9.17, 15) is 28.3 Å². The number of hydrogen-bond donors (Lipinski definition) is 1. The minimum absolute atomic E-state index is 0.0902. The van der Waals surface area contributed by atoms with E-state index >= 15 is 0 Å². The van der Waals surface area contributed by atoms with Gasteiger partial charge in [-0.2, -0.15) is 18.4 Å². The first-order chi connectivity index (χ1) is 23.6. The lowest BCUT2D eigenvalue weighted by Gasteiger charge is -2.56. The van der Waals surface area contributed by atoms with Crippen molar-refractivity contribution in [2.45, 2.75) is 35.4 Å². The van der Waals surface area contributed by atoms with Gasteiger partial charge in [0.15, 0.2) is 5.78 Å². The van der Waals surface area contributed by atoms with Gasteiger partial charge in [0.05, 0.1) is 37.2 Å². The van der Waals surface area contributed by atoms with Gasteiger partial charge in [-0.25, -0.2) is 0 Å². The first-order valence-corrected chi connectivity index (χ1v) is 15.8. The van der Waals surface area contributed by atoms with Crippen molar-refractivity contribution in [1.82, 2.24) is 0 Å². The molecule has 1 fully saturated rings. The van der Waals surface area contributed by atoms with Crippen LogP contribution >= 0.6 is 0 Å². The molecule has 0 spiro atoms. The summed E-state index contributed by atoms with van der Waals surface area (Å²) in [7, 11) is 3.03. The Labute approximate surface area is 283 Å². The summed E-state index contributed by atoms with van der Waals surface area (Å²) < 4.78 is 53.8. The number of nitriles is 1. The van der Waals surface area contributed by atoms with Crippen LogP contribution in [0.1, 0.15) is 56.4 Å². The minimum atomic E-state index is -4.70. The van der Waals surface area contributed by atoms with Crippen molar-refractivity contribution in [1.29, 1.82) is 5.26 Å². The summed E-state index contributed by atoms with van der Waals surface area (Å²) in [6, 6.07) is 38.3. The van der Waals surface area contributed by atoms with Crippen LogP contribution in [0.5, 0.6) is 11.5 Å². The third-order valence-electron chi connectivity index (χ3n) is 9.86. The standard InChI is InChI=1S/C41H34F3NO4/c1-48-33-20-16-27(17-21-33)35-25-40(47,30-12-7-4-8-13-30)37(38(46)29-10-5-3-6-11-29)36(28-18-22-34(49-2)23-19-28)39(35,26-45)31-14-9-15-32(24-31)41(42,43)44/h3-24,35-37,47H,25H2,1-2H3. The number of halogens is 3. The highest BCUT2D eigenvalue weighted by molar-refractivity contribution is 6.00. The predicted octanol–water partition coefficient (Wildman–Crippen LogP) is 8.84. The van der Waals surface area contributed by atoms with E-state index in [1.165, 1.54) is 26.4 Å². The third kappa shape index (κ3) is 5.96. The first-order valence-electron chi connectivity index (χ1n) is 15.8. The molecule has 0 saturated heterocycles. The van der Waals surface area contributed by atoms with E-state index < -0.39 is 46.3 Å². The van der Waals surface area contributed by atoms with Gasteiger partial charge in [-0.1, -0.05) is 103 Å². The highest BCUT2D eigenvalue weighted by Crippen LogP contribution is 2.64. The summed E-state index contributed by atoms with van der Waals surface area (Å²) in [6.45, 7) is 0. The summed E-state index contributed by atoms with van der Waals surface area (Å²) >= 11 is 0. The number of ketones is 1. The van der Waals surface area contributed by atoms with Crippen LogP contribution in [-0.4, -0.2) is 25.1 Å². The van der Waals surface area contributed by atoms with Crippen molar-refractivity contribution in [2.75, 3.05) is 14.2 Å². The quantitative estimate of drug-likeness (QED) is 0.168. The summed E-state index contributed by atoms with van der Waals surface area (Å²) in [5.41, 5.74) is -2.65. The van der Waals surface area contributed by atoms with Crippen molar-refractivity contribution >= 4 is 5.78 Å². The Balaban J connectivity index is 1.75. The molecule has 1 aliphatic rings. The van der Waals surface area contributed by atoms with Gasteiger partial charge in [0.2, 0.25) is 0 Å². The second-order valence-electron chi connectivity index (χ2n) is 12.3. The molecule has 0 amide bonds. The molecule has 49 heavy (non-hydrogen) atoms. The second kappa shape index (κ2) is 13.3. The Morgan fingerprint density at radius 1 is 0.755 bits per heavy atom. The predicted molar refractivity (Wildman–Crippen MR) is 179 cm³/mol. The highest BCUT2D eigenvalue weighted by Gasteiger charge is 2.64. The van der Waals surface area contributed by atoms with E-state index in [0.29, 0.717) is 33.8 Å². The van der Waals surface area contributed by atoms with Gasteiger partial charge in [-0.3, -0.25) is 4.79 Å². The molecular weight excluding hydrogens is 627 g/mol. The van der Waals surface area contributed by atoms with Crippen molar-refractivity contribution in [2.24, 2.45) is 5.92 Å². The van der Waals surface area contributed by atoms with Gasteiger partial charge >= 0.3 is 6.18 Å². The molecule has 0 aliphatic heterocycles. The fourth-order valence-electron chi connectivity index (χ4n) is 7.56. The maximum Gasteiger partial charge on any atom is 0.416 e.